The Kier molecular flexibility index (Phi) is 6.05. The van der Waals surface area contributed by atoms with Gasteiger partial charge in [0.1, 0.15) is 11.5 Å². The molecule has 0 radical (unpaired) electrons. The molecular formula is C20H23F2N5O2. The molecule has 29 heavy (non-hydrogen) atoms. The molecule has 3 N–H and O–H groups in total. The third kappa shape index (κ3) is 4.67. The Balaban J connectivity index is 1.79. The van der Waals surface area contributed by atoms with Crippen molar-refractivity contribution >= 4 is 23.3 Å². The van der Waals surface area contributed by atoms with E-state index in [0.717, 1.165) is 6.42 Å². The van der Waals surface area contributed by atoms with Gasteiger partial charge in [0.15, 0.2) is 0 Å². The number of hydrogen-bond donors (Lipinski definition) is 2. The number of nitrogens with zero attached hydrogens (tertiary/aromatic N) is 3. The normalized spacial score (nSPS) is 19.3. The first-order valence-corrected chi connectivity index (χ1v) is 9.34. The van der Waals surface area contributed by atoms with Crippen LogP contribution in [0.5, 0.6) is 0 Å². The van der Waals surface area contributed by atoms with Gasteiger partial charge in [-0.25, -0.2) is 13.8 Å². The van der Waals surface area contributed by atoms with Crippen LogP contribution in [0.4, 0.5) is 20.3 Å². The molecule has 0 aromatic carbocycles. The molecule has 2 aromatic rings. The SMILES string of the molecule is Cc1cc(NC(=O)C(=O)N2C[C@@H](C)CC[C@@H]2c2ccc(C(F)F)nc2)cnc1N. The highest BCUT2D eigenvalue weighted by Crippen LogP contribution is 2.33. The average Bonchev–Trinajstić information content (AvgIpc) is 2.70. The van der Waals surface area contributed by atoms with E-state index in [1.165, 1.54) is 23.4 Å². The number of aromatic nitrogens is 2. The minimum atomic E-state index is -2.66. The molecule has 3 rings (SSSR count). The van der Waals surface area contributed by atoms with E-state index in [1.54, 1.807) is 19.1 Å². The molecule has 2 atom stereocenters. The van der Waals surface area contributed by atoms with E-state index in [2.05, 4.69) is 15.3 Å². The third-order valence-electron chi connectivity index (χ3n) is 5.07. The summed E-state index contributed by atoms with van der Waals surface area (Å²) >= 11 is 0. The van der Waals surface area contributed by atoms with Crippen LogP contribution in [0.3, 0.4) is 0 Å². The van der Waals surface area contributed by atoms with Gasteiger partial charge in [-0.3, -0.25) is 14.6 Å². The van der Waals surface area contributed by atoms with Crippen molar-refractivity contribution in [1.82, 2.24) is 14.9 Å². The Hall–Kier alpha value is -3.10. The van der Waals surface area contributed by atoms with E-state index < -0.39 is 24.3 Å². The van der Waals surface area contributed by atoms with Crippen molar-refractivity contribution in [2.75, 3.05) is 17.6 Å². The average molecular weight is 403 g/mol. The highest BCUT2D eigenvalue weighted by Gasteiger charge is 2.34. The first kappa shape index (κ1) is 20.6. The molecule has 1 aliphatic heterocycles. The lowest BCUT2D eigenvalue weighted by Gasteiger charge is -2.38. The van der Waals surface area contributed by atoms with Gasteiger partial charge in [0.2, 0.25) is 0 Å². The summed E-state index contributed by atoms with van der Waals surface area (Å²) in [6.07, 6.45) is 1.56. The van der Waals surface area contributed by atoms with Crippen LogP contribution in [0, 0.1) is 12.8 Å². The van der Waals surface area contributed by atoms with Gasteiger partial charge in [-0.05, 0) is 48.9 Å². The molecule has 2 amide bonds. The Labute approximate surface area is 167 Å². The second kappa shape index (κ2) is 8.50. The molecule has 0 bridgehead atoms. The van der Waals surface area contributed by atoms with Crippen molar-refractivity contribution in [3.05, 3.63) is 47.4 Å². The number of carbonyl (C=O) groups excluding carboxylic acids is 2. The molecule has 3 heterocycles. The summed E-state index contributed by atoms with van der Waals surface area (Å²) in [5, 5.41) is 2.55. The maximum absolute atomic E-state index is 12.9. The summed E-state index contributed by atoms with van der Waals surface area (Å²) in [4.78, 5) is 34.7. The minimum absolute atomic E-state index is 0.219. The molecule has 0 saturated carbocycles. The zero-order valence-corrected chi connectivity index (χ0v) is 16.2. The van der Waals surface area contributed by atoms with Crippen LogP contribution in [0.25, 0.3) is 0 Å². The molecule has 0 spiro atoms. The monoisotopic (exact) mass is 403 g/mol. The lowest BCUT2D eigenvalue weighted by atomic mass is 9.90. The molecule has 1 fully saturated rings. The topological polar surface area (TPSA) is 101 Å². The fraction of sp³-hybridized carbons (Fsp3) is 0.400. The van der Waals surface area contributed by atoms with E-state index in [-0.39, 0.29) is 11.6 Å². The second-order valence-electron chi connectivity index (χ2n) is 7.35. The number of nitrogens with one attached hydrogen (secondary N) is 1. The quantitative estimate of drug-likeness (QED) is 0.766. The summed E-state index contributed by atoms with van der Waals surface area (Å²) in [5.74, 6) is -0.906. The number of aryl methyl sites for hydroxylation is 1. The highest BCUT2D eigenvalue weighted by molar-refractivity contribution is 6.39. The number of halogens is 2. The van der Waals surface area contributed by atoms with Crippen molar-refractivity contribution in [2.24, 2.45) is 5.92 Å². The number of pyridine rings is 2. The van der Waals surface area contributed by atoms with E-state index in [0.29, 0.717) is 35.6 Å². The van der Waals surface area contributed by atoms with Crippen molar-refractivity contribution in [1.29, 1.82) is 0 Å². The van der Waals surface area contributed by atoms with Gasteiger partial charge in [0, 0.05) is 12.7 Å². The highest BCUT2D eigenvalue weighted by atomic mass is 19.3. The zero-order chi connectivity index (χ0) is 21.1. The molecular weight excluding hydrogens is 380 g/mol. The number of likely N-dealkylation sites (tertiary alicyclic amines) is 1. The molecule has 0 aliphatic carbocycles. The van der Waals surface area contributed by atoms with Gasteiger partial charge in [-0.2, -0.15) is 0 Å². The van der Waals surface area contributed by atoms with Gasteiger partial charge in [0.05, 0.1) is 17.9 Å². The van der Waals surface area contributed by atoms with Crippen molar-refractivity contribution in [2.45, 2.75) is 39.2 Å². The standard InChI is InChI=1S/C20H23F2N5O2/c1-11-3-6-16(13-4-5-15(17(21)22)24-8-13)27(10-11)20(29)19(28)26-14-7-12(2)18(23)25-9-14/h4-5,7-9,11,16-17H,3,6,10H2,1-2H3,(H2,23,25)(H,26,28)/t11-,16+/m0/s1. The summed E-state index contributed by atoms with van der Waals surface area (Å²) in [6, 6.07) is 4.04. The lowest BCUT2D eigenvalue weighted by molar-refractivity contribution is -0.146. The maximum Gasteiger partial charge on any atom is 0.313 e. The molecule has 2 aromatic heterocycles. The molecule has 9 heteroatoms. The number of nitrogens with two attached hydrogens (primary N) is 1. The van der Waals surface area contributed by atoms with Gasteiger partial charge in [0.25, 0.3) is 6.43 Å². The molecule has 0 unspecified atom stereocenters. The van der Waals surface area contributed by atoms with Crippen LogP contribution < -0.4 is 11.1 Å². The number of rotatable bonds is 3. The van der Waals surface area contributed by atoms with Crippen molar-refractivity contribution < 1.29 is 18.4 Å². The van der Waals surface area contributed by atoms with Crippen LogP contribution in [-0.4, -0.2) is 33.2 Å². The van der Waals surface area contributed by atoms with Crippen LogP contribution in [0.2, 0.25) is 0 Å². The van der Waals surface area contributed by atoms with Crippen LogP contribution in [-0.2, 0) is 9.59 Å². The van der Waals surface area contributed by atoms with Gasteiger partial charge in [-0.1, -0.05) is 13.0 Å². The van der Waals surface area contributed by atoms with Crippen LogP contribution in [0.1, 0.15) is 49.1 Å². The molecule has 154 valence electrons. The van der Waals surface area contributed by atoms with E-state index in [9.17, 15) is 18.4 Å². The number of nitrogen functional groups attached to an aromatic ring is 1. The number of hydrogen-bond acceptors (Lipinski definition) is 5. The first-order valence-electron chi connectivity index (χ1n) is 9.34. The Morgan fingerprint density at radius 1 is 1.24 bits per heavy atom. The van der Waals surface area contributed by atoms with Crippen molar-refractivity contribution in [3.8, 4) is 0 Å². The predicted octanol–water partition coefficient (Wildman–Crippen LogP) is 3.24. The third-order valence-corrected chi connectivity index (χ3v) is 5.07. The zero-order valence-electron chi connectivity index (χ0n) is 16.2. The number of piperidine rings is 1. The molecule has 1 aliphatic rings. The first-order chi connectivity index (χ1) is 13.8. The number of alkyl halides is 2. The smallest absolute Gasteiger partial charge is 0.313 e. The maximum atomic E-state index is 12.9. The van der Waals surface area contributed by atoms with Crippen LogP contribution >= 0.6 is 0 Å². The van der Waals surface area contributed by atoms with E-state index in [1.807, 2.05) is 6.92 Å². The Morgan fingerprint density at radius 3 is 2.62 bits per heavy atom. The van der Waals surface area contributed by atoms with Crippen LogP contribution in [0.15, 0.2) is 30.6 Å². The van der Waals surface area contributed by atoms with Gasteiger partial charge < -0.3 is 16.0 Å². The van der Waals surface area contributed by atoms with E-state index >= 15 is 0 Å². The number of anilines is 2. The second-order valence-corrected chi connectivity index (χ2v) is 7.35. The number of carbonyl (C=O) groups is 2. The molecule has 1 saturated heterocycles. The van der Waals surface area contributed by atoms with Gasteiger partial charge in [-0.15, -0.1) is 0 Å². The lowest BCUT2D eigenvalue weighted by Crippen LogP contribution is -2.46. The Morgan fingerprint density at radius 2 is 2.00 bits per heavy atom. The minimum Gasteiger partial charge on any atom is -0.383 e. The molecule has 7 nitrogen and oxygen atoms in total. The fourth-order valence-corrected chi connectivity index (χ4v) is 3.44. The fourth-order valence-electron chi connectivity index (χ4n) is 3.44. The van der Waals surface area contributed by atoms with Crippen molar-refractivity contribution in [3.63, 3.8) is 0 Å². The largest absolute Gasteiger partial charge is 0.383 e. The predicted molar refractivity (Wildman–Crippen MR) is 104 cm³/mol. The summed E-state index contributed by atoms with van der Waals surface area (Å²) in [7, 11) is 0. The van der Waals surface area contributed by atoms with Gasteiger partial charge >= 0.3 is 11.8 Å². The summed E-state index contributed by atoms with van der Waals surface area (Å²) in [5.41, 5.74) is 7.04. The summed E-state index contributed by atoms with van der Waals surface area (Å²) < 4.78 is 25.5. The summed E-state index contributed by atoms with van der Waals surface area (Å²) in [6.45, 7) is 4.14. The number of amides is 2. The van der Waals surface area contributed by atoms with E-state index in [4.69, 9.17) is 5.73 Å². The Bertz CT molecular complexity index is 904.